The summed E-state index contributed by atoms with van der Waals surface area (Å²) in [5.41, 5.74) is -0.406. The second-order valence-electron chi connectivity index (χ2n) is 8.08. The fourth-order valence-electron chi connectivity index (χ4n) is 3.60. The summed E-state index contributed by atoms with van der Waals surface area (Å²) in [6.45, 7) is 12.1. The van der Waals surface area contributed by atoms with E-state index >= 15 is 0 Å². The van der Waals surface area contributed by atoms with Crippen LogP contribution in [0.25, 0.3) is 0 Å². The molecule has 0 aromatic heterocycles. The standard InChI is InChI=1S/C17H32N2O2/c1-12-6-7-15(13(2)10-12)18-14-8-9-19(11-14)16(20)21-17(3,4)5/h12-15,18H,6-11H2,1-5H3. The van der Waals surface area contributed by atoms with E-state index in [4.69, 9.17) is 4.74 Å². The van der Waals surface area contributed by atoms with Crippen molar-refractivity contribution >= 4 is 6.09 Å². The highest BCUT2D eigenvalue weighted by molar-refractivity contribution is 5.68. The Morgan fingerprint density at radius 3 is 2.52 bits per heavy atom. The molecule has 2 fully saturated rings. The highest BCUT2D eigenvalue weighted by atomic mass is 16.6. The molecule has 1 aliphatic carbocycles. The van der Waals surface area contributed by atoms with Crippen molar-refractivity contribution in [3.63, 3.8) is 0 Å². The van der Waals surface area contributed by atoms with Gasteiger partial charge in [0.15, 0.2) is 0 Å². The van der Waals surface area contributed by atoms with E-state index in [0.717, 1.165) is 31.3 Å². The predicted molar refractivity (Wildman–Crippen MR) is 85.3 cm³/mol. The molecule has 1 heterocycles. The summed E-state index contributed by atoms with van der Waals surface area (Å²) in [5.74, 6) is 1.60. The van der Waals surface area contributed by atoms with Crippen LogP contribution >= 0.6 is 0 Å². The molecule has 1 saturated carbocycles. The first-order valence-electron chi connectivity index (χ1n) is 8.48. The highest BCUT2D eigenvalue weighted by Gasteiger charge is 2.33. The van der Waals surface area contributed by atoms with Crippen molar-refractivity contribution in [1.29, 1.82) is 0 Å². The van der Waals surface area contributed by atoms with Crippen molar-refractivity contribution in [2.24, 2.45) is 11.8 Å². The van der Waals surface area contributed by atoms with Crippen LogP contribution in [0.3, 0.4) is 0 Å². The fraction of sp³-hybridized carbons (Fsp3) is 0.941. The summed E-state index contributed by atoms with van der Waals surface area (Å²) >= 11 is 0. The minimum Gasteiger partial charge on any atom is -0.444 e. The summed E-state index contributed by atoms with van der Waals surface area (Å²) < 4.78 is 5.45. The minimum absolute atomic E-state index is 0.169. The number of amides is 1. The van der Waals surface area contributed by atoms with Crippen LogP contribution in [0.4, 0.5) is 4.79 Å². The lowest BCUT2D eigenvalue weighted by Crippen LogP contribution is -2.46. The van der Waals surface area contributed by atoms with E-state index in [1.165, 1.54) is 19.3 Å². The average molecular weight is 296 g/mol. The Labute approximate surface area is 129 Å². The van der Waals surface area contributed by atoms with Crippen LogP contribution in [0.5, 0.6) is 0 Å². The van der Waals surface area contributed by atoms with Crippen molar-refractivity contribution < 1.29 is 9.53 Å². The maximum Gasteiger partial charge on any atom is 0.410 e. The number of carbonyl (C=O) groups excluding carboxylic acids is 1. The number of nitrogens with zero attached hydrogens (tertiary/aromatic N) is 1. The molecule has 2 aliphatic rings. The molecule has 1 saturated heterocycles. The molecule has 2 rings (SSSR count). The van der Waals surface area contributed by atoms with Crippen LogP contribution in [0.2, 0.25) is 0 Å². The maximum atomic E-state index is 12.1. The van der Waals surface area contributed by atoms with Crippen LogP contribution in [0.1, 0.15) is 60.3 Å². The summed E-state index contributed by atoms with van der Waals surface area (Å²) in [6, 6.07) is 1.04. The van der Waals surface area contributed by atoms with Gasteiger partial charge in [-0.15, -0.1) is 0 Å². The summed E-state index contributed by atoms with van der Waals surface area (Å²) in [7, 11) is 0. The van der Waals surface area contributed by atoms with E-state index in [0.29, 0.717) is 12.1 Å². The second kappa shape index (κ2) is 6.55. The van der Waals surface area contributed by atoms with Crippen molar-refractivity contribution in [3.8, 4) is 0 Å². The molecule has 1 N–H and O–H groups in total. The number of likely N-dealkylation sites (tertiary alicyclic amines) is 1. The van der Waals surface area contributed by atoms with Gasteiger partial charge >= 0.3 is 6.09 Å². The van der Waals surface area contributed by atoms with Gasteiger partial charge in [-0.05, 0) is 58.3 Å². The first-order chi connectivity index (χ1) is 9.74. The van der Waals surface area contributed by atoms with Gasteiger partial charge < -0.3 is 15.0 Å². The Balaban J connectivity index is 1.79. The molecule has 1 aliphatic heterocycles. The van der Waals surface area contributed by atoms with Gasteiger partial charge in [-0.2, -0.15) is 0 Å². The summed E-state index contributed by atoms with van der Waals surface area (Å²) in [5, 5.41) is 3.79. The third-order valence-corrected chi connectivity index (χ3v) is 4.72. The van der Waals surface area contributed by atoms with Gasteiger partial charge in [-0.3, -0.25) is 0 Å². The molecular weight excluding hydrogens is 264 g/mol. The Morgan fingerprint density at radius 1 is 1.19 bits per heavy atom. The molecule has 0 aromatic rings. The van der Waals surface area contributed by atoms with Crippen LogP contribution in [-0.2, 0) is 4.74 Å². The van der Waals surface area contributed by atoms with Crippen LogP contribution in [0, 0.1) is 11.8 Å². The summed E-state index contributed by atoms with van der Waals surface area (Å²) in [4.78, 5) is 13.9. The largest absolute Gasteiger partial charge is 0.444 e. The number of rotatable bonds is 2. The monoisotopic (exact) mass is 296 g/mol. The lowest BCUT2D eigenvalue weighted by Gasteiger charge is -2.35. The number of hydrogen-bond donors (Lipinski definition) is 1. The van der Waals surface area contributed by atoms with Gasteiger partial charge in [-0.25, -0.2) is 4.79 Å². The topological polar surface area (TPSA) is 41.6 Å². The quantitative estimate of drug-likeness (QED) is 0.849. The molecule has 1 amide bonds. The van der Waals surface area contributed by atoms with Gasteiger partial charge in [0, 0.05) is 25.2 Å². The third-order valence-electron chi connectivity index (χ3n) is 4.72. The van der Waals surface area contributed by atoms with Crippen molar-refractivity contribution in [2.75, 3.05) is 13.1 Å². The molecule has 122 valence electrons. The average Bonchev–Trinajstić information content (AvgIpc) is 2.79. The van der Waals surface area contributed by atoms with E-state index in [-0.39, 0.29) is 6.09 Å². The van der Waals surface area contributed by atoms with Crippen LogP contribution in [-0.4, -0.2) is 41.8 Å². The molecule has 0 aromatic carbocycles. The van der Waals surface area contributed by atoms with Gasteiger partial charge in [0.05, 0.1) is 0 Å². The maximum absolute atomic E-state index is 12.1. The molecule has 4 heteroatoms. The lowest BCUT2D eigenvalue weighted by molar-refractivity contribution is 0.0289. The van der Waals surface area contributed by atoms with Crippen molar-refractivity contribution in [3.05, 3.63) is 0 Å². The molecule has 4 unspecified atom stereocenters. The SMILES string of the molecule is CC1CCC(NC2CCN(C(=O)OC(C)(C)C)C2)C(C)C1. The molecule has 0 radical (unpaired) electrons. The number of nitrogens with one attached hydrogen (secondary N) is 1. The van der Waals surface area contributed by atoms with E-state index in [1.807, 2.05) is 25.7 Å². The Bertz CT molecular complexity index is 364. The zero-order valence-electron chi connectivity index (χ0n) is 14.3. The zero-order valence-corrected chi connectivity index (χ0v) is 14.3. The van der Waals surface area contributed by atoms with Gasteiger partial charge in [0.2, 0.25) is 0 Å². The van der Waals surface area contributed by atoms with Gasteiger partial charge in [0.1, 0.15) is 5.60 Å². The van der Waals surface area contributed by atoms with Crippen molar-refractivity contribution in [1.82, 2.24) is 10.2 Å². The molecule has 4 nitrogen and oxygen atoms in total. The fourth-order valence-corrected chi connectivity index (χ4v) is 3.60. The van der Waals surface area contributed by atoms with Gasteiger partial charge in [-0.1, -0.05) is 13.8 Å². The van der Waals surface area contributed by atoms with Crippen molar-refractivity contribution in [2.45, 2.75) is 78.0 Å². The second-order valence-corrected chi connectivity index (χ2v) is 8.08. The van der Waals surface area contributed by atoms with E-state index < -0.39 is 5.60 Å². The van der Waals surface area contributed by atoms with Gasteiger partial charge in [0.25, 0.3) is 0 Å². The third kappa shape index (κ3) is 4.87. The molecule has 21 heavy (non-hydrogen) atoms. The predicted octanol–water partition coefficient (Wildman–Crippen LogP) is 3.41. The number of hydrogen-bond acceptors (Lipinski definition) is 3. The number of ether oxygens (including phenoxy) is 1. The normalized spacial score (nSPS) is 34.0. The first-order valence-corrected chi connectivity index (χ1v) is 8.48. The summed E-state index contributed by atoms with van der Waals surface area (Å²) in [6.07, 6.45) is 4.78. The molecule has 0 bridgehead atoms. The number of carbonyl (C=O) groups is 1. The van der Waals surface area contributed by atoms with Crippen LogP contribution in [0.15, 0.2) is 0 Å². The zero-order chi connectivity index (χ0) is 15.6. The smallest absolute Gasteiger partial charge is 0.410 e. The molecule has 0 spiro atoms. The minimum atomic E-state index is -0.406. The molecular formula is C17H32N2O2. The molecule has 4 atom stereocenters. The highest BCUT2D eigenvalue weighted by Crippen LogP contribution is 2.29. The lowest BCUT2D eigenvalue weighted by atomic mass is 9.79. The van der Waals surface area contributed by atoms with E-state index in [9.17, 15) is 4.79 Å². The Hall–Kier alpha value is -0.770. The first kappa shape index (κ1) is 16.6. The Morgan fingerprint density at radius 2 is 1.90 bits per heavy atom. The Kier molecular flexibility index (Phi) is 5.18. The van der Waals surface area contributed by atoms with E-state index in [1.54, 1.807) is 0 Å². The van der Waals surface area contributed by atoms with E-state index in [2.05, 4.69) is 19.2 Å². The van der Waals surface area contributed by atoms with Crippen LogP contribution < -0.4 is 5.32 Å².